The summed E-state index contributed by atoms with van der Waals surface area (Å²) in [7, 11) is 0. The molecule has 0 aliphatic rings. The van der Waals surface area contributed by atoms with Crippen LogP contribution in [0.3, 0.4) is 0 Å². The molecule has 0 unspecified atom stereocenters. The summed E-state index contributed by atoms with van der Waals surface area (Å²) in [4.78, 5) is 8.21. The van der Waals surface area contributed by atoms with E-state index in [1.54, 1.807) is 0 Å². The van der Waals surface area contributed by atoms with Crippen molar-refractivity contribution in [2.24, 2.45) is 0 Å². The van der Waals surface area contributed by atoms with Crippen molar-refractivity contribution in [1.82, 2.24) is 9.97 Å². The normalized spacial score (nSPS) is 12.9. The predicted octanol–water partition coefficient (Wildman–Crippen LogP) is 9.50. The summed E-state index contributed by atoms with van der Waals surface area (Å²) in [5.74, 6) is -0.396. The van der Waals surface area contributed by atoms with Crippen LogP contribution in [0, 0.1) is 0 Å². The molecule has 0 spiro atoms. The van der Waals surface area contributed by atoms with Crippen LogP contribution in [0.2, 0.25) is 0 Å². The Morgan fingerprint density at radius 3 is 1.38 bits per heavy atom. The smallest absolute Gasteiger partial charge is 0.365 e. The Kier molecular flexibility index (Phi) is 7.91. The fourth-order valence-electron chi connectivity index (χ4n) is 3.82. The van der Waals surface area contributed by atoms with E-state index in [0.29, 0.717) is 12.1 Å². The van der Waals surface area contributed by atoms with Gasteiger partial charge in [0.2, 0.25) is 0 Å². The zero-order chi connectivity index (χ0) is 31.1. The molecular weight excluding hydrogens is 594 g/mol. The van der Waals surface area contributed by atoms with Gasteiger partial charge in [0.25, 0.3) is 0 Å². The molecule has 0 radical (unpaired) electrons. The van der Waals surface area contributed by atoms with E-state index >= 15 is 0 Å². The highest BCUT2D eigenvalue weighted by Crippen LogP contribution is 2.38. The van der Waals surface area contributed by atoms with Crippen LogP contribution in [0.5, 0.6) is 0 Å². The molecule has 3 aromatic carbocycles. The Morgan fingerprint density at radius 1 is 0.524 bits per heavy atom. The number of aromatic nitrogens is 2. The van der Waals surface area contributed by atoms with Crippen LogP contribution in [0.15, 0.2) is 72.9 Å². The van der Waals surface area contributed by atoms with E-state index in [1.807, 2.05) is 0 Å². The second-order valence-electron chi connectivity index (χ2n) is 8.87. The van der Waals surface area contributed by atoms with Crippen molar-refractivity contribution < 1.29 is 52.7 Å². The second-order valence-corrected chi connectivity index (χ2v) is 8.87. The van der Waals surface area contributed by atoms with E-state index < -0.39 is 59.1 Å². The van der Waals surface area contributed by atoms with Gasteiger partial charge in [-0.15, -0.1) is 0 Å². The number of halogens is 12. The first-order valence-corrected chi connectivity index (χ1v) is 11.6. The van der Waals surface area contributed by atoms with Gasteiger partial charge in [0.05, 0.1) is 22.3 Å². The Bertz CT molecular complexity index is 1520. The number of nitrogens with zero attached hydrogens (tertiary/aromatic N) is 2. The van der Waals surface area contributed by atoms with E-state index in [2.05, 4.69) is 15.3 Å². The average molecular weight is 609 g/mol. The fraction of sp³-hybridized carbons (Fsp3) is 0.185. The zero-order valence-corrected chi connectivity index (χ0v) is 20.6. The third-order valence-corrected chi connectivity index (χ3v) is 5.89. The fourth-order valence-corrected chi connectivity index (χ4v) is 3.82. The maximum Gasteiger partial charge on any atom is 0.416 e. The molecule has 1 heterocycles. The van der Waals surface area contributed by atoms with Crippen molar-refractivity contribution in [3.05, 3.63) is 101 Å². The lowest BCUT2D eigenvalue weighted by atomic mass is 10.0. The Labute approximate surface area is 228 Å². The summed E-state index contributed by atoms with van der Waals surface area (Å²) in [6, 6.07) is 8.09. The van der Waals surface area contributed by atoms with E-state index in [4.69, 9.17) is 0 Å². The summed E-state index contributed by atoms with van der Waals surface area (Å²) >= 11 is 0. The van der Waals surface area contributed by atoms with Crippen molar-refractivity contribution in [1.29, 1.82) is 0 Å². The molecule has 0 aliphatic heterocycles. The first kappa shape index (κ1) is 30.7. The van der Waals surface area contributed by atoms with Gasteiger partial charge in [-0.25, -0.2) is 9.97 Å². The van der Waals surface area contributed by atoms with Gasteiger partial charge in [0.1, 0.15) is 5.82 Å². The SMILES string of the molecule is FC(F)(F)c1ccc(-c2ncc(-c3ccc(C(F)(F)F)cc3)c(NCc3cc(C(F)(F)F)cc(C(F)(F)F)c3)n2)cc1. The third-order valence-electron chi connectivity index (χ3n) is 5.89. The van der Waals surface area contributed by atoms with Gasteiger partial charge in [-0.3, -0.25) is 0 Å². The third kappa shape index (κ3) is 7.12. The molecule has 1 N–H and O–H groups in total. The van der Waals surface area contributed by atoms with Crippen LogP contribution in [-0.4, -0.2) is 9.97 Å². The average Bonchev–Trinajstić information content (AvgIpc) is 2.90. The Balaban J connectivity index is 1.76. The molecule has 0 saturated carbocycles. The van der Waals surface area contributed by atoms with E-state index in [0.717, 1.165) is 54.7 Å². The number of rotatable bonds is 5. The highest BCUT2D eigenvalue weighted by molar-refractivity contribution is 5.76. The molecule has 42 heavy (non-hydrogen) atoms. The van der Waals surface area contributed by atoms with Gasteiger partial charge in [0.15, 0.2) is 5.82 Å². The summed E-state index contributed by atoms with van der Waals surface area (Å²) in [5.41, 5.74) is -5.36. The topological polar surface area (TPSA) is 37.8 Å². The molecule has 0 fully saturated rings. The van der Waals surface area contributed by atoms with Crippen molar-refractivity contribution in [3.63, 3.8) is 0 Å². The van der Waals surface area contributed by atoms with Crippen LogP contribution in [0.25, 0.3) is 22.5 Å². The number of benzene rings is 3. The molecule has 4 rings (SSSR count). The molecule has 0 aliphatic carbocycles. The maximum absolute atomic E-state index is 13.3. The van der Waals surface area contributed by atoms with Gasteiger partial charge < -0.3 is 5.32 Å². The molecule has 222 valence electrons. The molecule has 0 bridgehead atoms. The minimum absolute atomic E-state index is 0.0161. The van der Waals surface area contributed by atoms with Crippen molar-refractivity contribution in [3.8, 4) is 22.5 Å². The lowest BCUT2D eigenvalue weighted by molar-refractivity contribution is -0.143. The highest BCUT2D eigenvalue weighted by atomic mass is 19.4. The van der Waals surface area contributed by atoms with Gasteiger partial charge in [-0.1, -0.05) is 24.3 Å². The predicted molar refractivity (Wildman–Crippen MR) is 127 cm³/mol. The minimum atomic E-state index is -5.11. The monoisotopic (exact) mass is 609 g/mol. The van der Waals surface area contributed by atoms with Gasteiger partial charge in [0, 0.05) is 23.9 Å². The number of alkyl halides is 12. The van der Waals surface area contributed by atoms with E-state index in [-0.39, 0.29) is 34.4 Å². The molecule has 0 saturated heterocycles. The minimum Gasteiger partial charge on any atom is -0.365 e. The summed E-state index contributed by atoms with van der Waals surface area (Å²) in [5, 5.41) is 2.59. The summed E-state index contributed by atoms with van der Waals surface area (Å²) < 4.78 is 158. The largest absolute Gasteiger partial charge is 0.416 e. The van der Waals surface area contributed by atoms with Crippen LogP contribution < -0.4 is 5.32 Å². The van der Waals surface area contributed by atoms with E-state index in [9.17, 15) is 52.7 Å². The van der Waals surface area contributed by atoms with Crippen molar-refractivity contribution in [2.75, 3.05) is 5.32 Å². The van der Waals surface area contributed by atoms with Crippen molar-refractivity contribution >= 4 is 5.82 Å². The summed E-state index contributed by atoms with van der Waals surface area (Å²) in [6.07, 6.45) is -18.4. The molecule has 4 aromatic rings. The molecule has 3 nitrogen and oxygen atoms in total. The van der Waals surface area contributed by atoms with Crippen LogP contribution in [-0.2, 0) is 31.2 Å². The van der Waals surface area contributed by atoms with Crippen LogP contribution in [0.1, 0.15) is 27.8 Å². The Hall–Kier alpha value is -4.30. The molecule has 1 aromatic heterocycles. The molecule has 0 amide bonds. The molecular formula is C27H15F12N3. The standard InChI is InChI=1S/C27H15F12N3/c28-24(29,30)17-5-1-15(2-6-17)21-13-41-22(16-3-7-18(8-4-16)25(31,32)33)42-23(21)40-12-14-9-19(26(34,35)36)11-20(10-14)27(37,38)39/h1-11,13H,12H2,(H,40,41,42). The summed E-state index contributed by atoms with van der Waals surface area (Å²) in [6.45, 7) is -0.649. The van der Waals surface area contributed by atoms with Gasteiger partial charge in [-0.05, 0) is 53.6 Å². The van der Waals surface area contributed by atoms with E-state index in [1.165, 1.54) is 0 Å². The maximum atomic E-state index is 13.3. The quantitative estimate of drug-likeness (QED) is 0.229. The number of anilines is 1. The van der Waals surface area contributed by atoms with Gasteiger partial charge in [-0.2, -0.15) is 52.7 Å². The lowest BCUT2D eigenvalue weighted by Gasteiger charge is -2.16. The molecule has 0 atom stereocenters. The zero-order valence-electron chi connectivity index (χ0n) is 20.6. The molecule has 15 heteroatoms. The second kappa shape index (κ2) is 10.8. The first-order chi connectivity index (χ1) is 19.3. The number of hydrogen-bond donors (Lipinski definition) is 1. The number of nitrogens with one attached hydrogen (secondary N) is 1. The van der Waals surface area contributed by atoms with Crippen LogP contribution in [0.4, 0.5) is 58.5 Å². The number of hydrogen-bond acceptors (Lipinski definition) is 3. The van der Waals surface area contributed by atoms with Gasteiger partial charge >= 0.3 is 24.7 Å². The first-order valence-electron chi connectivity index (χ1n) is 11.6. The highest BCUT2D eigenvalue weighted by Gasteiger charge is 2.37. The van der Waals surface area contributed by atoms with Crippen molar-refractivity contribution in [2.45, 2.75) is 31.2 Å². The Morgan fingerprint density at radius 2 is 0.952 bits per heavy atom. The lowest BCUT2D eigenvalue weighted by Crippen LogP contribution is -2.13. The van der Waals surface area contributed by atoms with Crippen LogP contribution >= 0.6 is 0 Å².